The molecule has 0 spiro atoms. The average molecular weight is 533 g/mol. The first-order valence-corrected chi connectivity index (χ1v) is 12.4. The number of hydrogen-bond acceptors (Lipinski definition) is 6. The van der Waals surface area contributed by atoms with E-state index in [1.54, 1.807) is 38.4 Å². The second-order valence-electron chi connectivity index (χ2n) is 9.07. The highest BCUT2D eigenvalue weighted by Crippen LogP contribution is 2.26. The van der Waals surface area contributed by atoms with Gasteiger partial charge in [-0.05, 0) is 73.0 Å². The molecule has 4 aromatic rings. The number of carbonyl (C=O) groups excluding carboxylic acids is 1. The van der Waals surface area contributed by atoms with Crippen LogP contribution in [0, 0.1) is 18.6 Å². The largest absolute Gasteiger partial charge is 0.497 e. The van der Waals surface area contributed by atoms with Crippen LogP contribution in [0.5, 0.6) is 11.5 Å². The lowest BCUT2D eigenvalue weighted by Crippen LogP contribution is -2.29. The third-order valence-corrected chi connectivity index (χ3v) is 6.34. The normalized spacial score (nSPS) is 12.3. The summed E-state index contributed by atoms with van der Waals surface area (Å²) in [7, 11) is 1.59. The van der Waals surface area contributed by atoms with E-state index in [1.807, 2.05) is 43.3 Å². The van der Waals surface area contributed by atoms with Gasteiger partial charge in [-0.25, -0.2) is 13.8 Å². The summed E-state index contributed by atoms with van der Waals surface area (Å²) in [6.45, 7) is 3.81. The SMILES string of the molecule is COc1ccc([C@H](COc2ccc(C)c(N)c2)Nc2ncccc2C(=O)N[C@@H](C)c2ccc(F)c(F)c2)cc1. The van der Waals surface area contributed by atoms with Gasteiger partial charge in [0.25, 0.3) is 5.91 Å². The zero-order chi connectivity index (χ0) is 27.9. The average Bonchev–Trinajstić information content (AvgIpc) is 2.94. The number of nitrogens with two attached hydrogens (primary N) is 1. The fraction of sp³-hybridized carbons (Fsp3) is 0.200. The molecule has 0 aliphatic carbocycles. The van der Waals surface area contributed by atoms with Crippen molar-refractivity contribution in [1.82, 2.24) is 10.3 Å². The fourth-order valence-electron chi connectivity index (χ4n) is 3.95. The van der Waals surface area contributed by atoms with Crippen molar-refractivity contribution in [1.29, 1.82) is 0 Å². The first-order valence-electron chi connectivity index (χ1n) is 12.4. The molecule has 4 N–H and O–H groups in total. The number of nitrogens with zero attached hydrogens (tertiary/aromatic N) is 1. The van der Waals surface area contributed by atoms with Crippen molar-refractivity contribution in [2.45, 2.75) is 25.9 Å². The van der Waals surface area contributed by atoms with E-state index in [-0.39, 0.29) is 12.2 Å². The van der Waals surface area contributed by atoms with Crippen molar-refractivity contribution >= 4 is 17.4 Å². The third kappa shape index (κ3) is 6.81. The molecule has 39 heavy (non-hydrogen) atoms. The Labute approximate surface area is 226 Å². The minimum atomic E-state index is -0.977. The van der Waals surface area contributed by atoms with E-state index in [1.165, 1.54) is 6.07 Å². The van der Waals surface area contributed by atoms with Gasteiger partial charge < -0.3 is 25.8 Å². The van der Waals surface area contributed by atoms with Gasteiger partial charge in [0.15, 0.2) is 11.6 Å². The minimum Gasteiger partial charge on any atom is -0.497 e. The maximum Gasteiger partial charge on any atom is 0.255 e. The van der Waals surface area contributed by atoms with Crippen LogP contribution in [0.4, 0.5) is 20.3 Å². The van der Waals surface area contributed by atoms with Crippen LogP contribution in [0.2, 0.25) is 0 Å². The van der Waals surface area contributed by atoms with E-state index in [2.05, 4.69) is 15.6 Å². The standard InChI is InChI=1S/C30H30F2N4O3/c1-18-6-10-23(16-27(18)33)39-17-28(20-7-11-22(38-3)12-8-20)36-29-24(5-4-14-34-29)30(37)35-19(2)21-9-13-25(31)26(32)15-21/h4-16,19,28H,17,33H2,1-3H3,(H,34,36)(H,35,37)/t19-,28-/m0/s1. The first-order chi connectivity index (χ1) is 18.7. The quantitative estimate of drug-likeness (QED) is 0.217. The number of ether oxygens (including phenoxy) is 2. The van der Waals surface area contributed by atoms with E-state index >= 15 is 0 Å². The molecule has 0 bridgehead atoms. The molecular weight excluding hydrogens is 502 g/mol. The van der Waals surface area contributed by atoms with Gasteiger partial charge in [-0.2, -0.15) is 0 Å². The highest BCUT2D eigenvalue weighted by molar-refractivity contribution is 5.99. The maximum absolute atomic E-state index is 13.7. The summed E-state index contributed by atoms with van der Waals surface area (Å²) < 4.78 is 38.4. The number of nitrogen functional groups attached to an aromatic ring is 1. The van der Waals surface area contributed by atoms with Crippen LogP contribution >= 0.6 is 0 Å². The van der Waals surface area contributed by atoms with Gasteiger partial charge in [0.1, 0.15) is 23.9 Å². The van der Waals surface area contributed by atoms with Gasteiger partial charge >= 0.3 is 0 Å². The van der Waals surface area contributed by atoms with Crippen LogP contribution in [0.15, 0.2) is 79.0 Å². The van der Waals surface area contributed by atoms with E-state index in [4.69, 9.17) is 15.2 Å². The summed E-state index contributed by atoms with van der Waals surface area (Å²) in [5.41, 5.74) is 9.21. The number of halogens is 2. The molecule has 9 heteroatoms. The number of rotatable bonds is 10. The zero-order valence-electron chi connectivity index (χ0n) is 21.9. The van der Waals surface area contributed by atoms with E-state index < -0.39 is 29.6 Å². The molecule has 1 heterocycles. The maximum atomic E-state index is 13.7. The third-order valence-electron chi connectivity index (χ3n) is 6.34. The molecule has 0 unspecified atom stereocenters. The number of pyridine rings is 1. The molecule has 0 radical (unpaired) electrons. The monoisotopic (exact) mass is 532 g/mol. The zero-order valence-corrected chi connectivity index (χ0v) is 21.9. The summed E-state index contributed by atoms with van der Waals surface area (Å²) in [5, 5.41) is 6.16. The van der Waals surface area contributed by atoms with Crippen LogP contribution < -0.4 is 25.8 Å². The van der Waals surface area contributed by atoms with Crippen LogP contribution in [0.3, 0.4) is 0 Å². The Morgan fingerprint density at radius 3 is 2.38 bits per heavy atom. The molecule has 2 atom stereocenters. The first kappa shape index (κ1) is 27.4. The lowest BCUT2D eigenvalue weighted by Gasteiger charge is -2.23. The van der Waals surface area contributed by atoms with E-state index in [0.717, 1.165) is 23.3 Å². The van der Waals surface area contributed by atoms with Crippen LogP contribution in [-0.2, 0) is 0 Å². The summed E-state index contributed by atoms with van der Waals surface area (Å²) in [6.07, 6.45) is 1.57. The van der Waals surface area contributed by atoms with Gasteiger partial charge in [-0.3, -0.25) is 4.79 Å². The number of methoxy groups -OCH3 is 1. The number of aromatic nitrogens is 1. The van der Waals surface area contributed by atoms with Crippen molar-refractivity contribution < 1.29 is 23.0 Å². The molecular formula is C30H30F2N4O3. The molecule has 1 amide bonds. The van der Waals surface area contributed by atoms with Gasteiger partial charge in [0.2, 0.25) is 0 Å². The summed E-state index contributed by atoms with van der Waals surface area (Å²) in [6, 6.07) is 18.8. The Kier molecular flexibility index (Phi) is 8.60. The lowest BCUT2D eigenvalue weighted by molar-refractivity contribution is 0.0940. The van der Waals surface area contributed by atoms with Gasteiger partial charge in [-0.15, -0.1) is 0 Å². The van der Waals surface area contributed by atoms with E-state index in [0.29, 0.717) is 28.6 Å². The molecule has 0 saturated carbocycles. The number of nitrogens with one attached hydrogen (secondary N) is 2. The Balaban J connectivity index is 1.56. The Hall–Kier alpha value is -4.66. The number of hydrogen-bond donors (Lipinski definition) is 3. The lowest BCUT2D eigenvalue weighted by atomic mass is 10.1. The number of aryl methyl sites for hydroxylation is 1. The van der Waals surface area contributed by atoms with Crippen molar-refractivity contribution in [3.8, 4) is 11.5 Å². The van der Waals surface area contributed by atoms with Crippen molar-refractivity contribution in [2.24, 2.45) is 0 Å². The number of benzene rings is 3. The smallest absolute Gasteiger partial charge is 0.255 e. The van der Waals surface area contributed by atoms with Gasteiger partial charge in [0, 0.05) is 18.0 Å². The second-order valence-corrected chi connectivity index (χ2v) is 9.07. The number of amides is 1. The number of anilines is 2. The minimum absolute atomic E-state index is 0.206. The predicted octanol–water partition coefficient (Wildman–Crippen LogP) is 5.98. The molecule has 0 aliphatic heterocycles. The van der Waals surface area contributed by atoms with Crippen molar-refractivity contribution in [3.05, 3.63) is 113 Å². The van der Waals surface area contributed by atoms with Crippen molar-refractivity contribution in [2.75, 3.05) is 24.8 Å². The Morgan fingerprint density at radius 1 is 0.974 bits per heavy atom. The molecule has 3 aromatic carbocycles. The Morgan fingerprint density at radius 2 is 1.69 bits per heavy atom. The molecule has 0 aliphatic rings. The fourth-order valence-corrected chi connectivity index (χ4v) is 3.95. The van der Waals surface area contributed by atoms with Crippen LogP contribution in [0.1, 0.15) is 46.1 Å². The molecule has 0 fully saturated rings. The highest BCUT2D eigenvalue weighted by Gasteiger charge is 2.20. The predicted molar refractivity (Wildman–Crippen MR) is 147 cm³/mol. The van der Waals surface area contributed by atoms with Crippen molar-refractivity contribution in [3.63, 3.8) is 0 Å². The highest BCUT2D eigenvalue weighted by atomic mass is 19.2. The van der Waals surface area contributed by atoms with Gasteiger partial charge in [-0.1, -0.05) is 24.3 Å². The number of carbonyl (C=O) groups is 1. The summed E-state index contributed by atoms with van der Waals surface area (Å²) in [4.78, 5) is 17.6. The van der Waals surface area contributed by atoms with Gasteiger partial charge in [0.05, 0.1) is 24.8 Å². The molecule has 4 rings (SSSR count). The molecule has 7 nitrogen and oxygen atoms in total. The molecule has 202 valence electrons. The van der Waals surface area contributed by atoms with E-state index in [9.17, 15) is 13.6 Å². The second kappa shape index (κ2) is 12.3. The summed E-state index contributed by atoms with van der Waals surface area (Å²) in [5.74, 6) is -0.707. The molecule has 1 aromatic heterocycles. The Bertz CT molecular complexity index is 1450. The topological polar surface area (TPSA) is 98.5 Å². The van der Waals surface area contributed by atoms with Crippen LogP contribution in [-0.4, -0.2) is 24.6 Å². The summed E-state index contributed by atoms with van der Waals surface area (Å²) >= 11 is 0. The molecule has 0 saturated heterocycles. The van der Waals surface area contributed by atoms with Crippen LogP contribution in [0.25, 0.3) is 0 Å².